The van der Waals surface area contributed by atoms with Crippen molar-refractivity contribution in [3.63, 3.8) is 0 Å². The second-order valence-electron chi connectivity index (χ2n) is 15.0. The van der Waals surface area contributed by atoms with Crippen molar-refractivity contribution in [3.05, 3.63) is 132 Å². The molecule has 2 aliphatic rings. The summed E-state index contributed by atoms with van der Waals surface area (Å²) in [5, 5.41) is 5.54. The molecule has 3 aromatic heterocycles. The number of nitrogens with zero attached hydrogens (tertiary/aromatic N) is 6. The third-order valence-electron chi connectivity index (χ3n) is 11.2. The van der Waals surface area contributed by atoms with Crippen molar-refractivity contribution in [2.24, 2.45) is 0 Å². The number of rotatable bonds is 12. The molecule has 0 bridgehead atoms. The SMILES string of the molecule is COC(=O)N[C@@H](C(=O)N[C@@H](C)c1ncc(-c2ccc(-c3ncc(-c4cnc([C@H]5CCCN5C(=O)[C@@H](c5ccccc5)N5CCCCC5)[nH]4)cn3)cc2)[nH]1)c1ccccc1. The summed E-state index contributed by atoms with van der Waals surface area (Å²) in [5.74, 6) is 1.66. The minimum Gasteiger partial charge on any atom is -0.453 e. The lowest BCUT2D eigenvalue weighted by Gasteiger charge is -2.37. The summed E-state index contributed by atoms with van der Waals surface area (Å²) in [6.45, 7) is 4.38. The highest BCUT2D eigenvalue weighted by Crippen LogP contribution is 2.36. The summed E-state index contributed by atoms with van der Waals surface area (Å²) in [4.78, 5) is 69.4. The average Bonchev–Trinajstić information content (AvgIpc) is 4.09. The molecule has 4 N–H and O–H groups in total. The Morgan fingerprint density at radius 1 is 0.695 bits per heavy atom. The lowest BCUT2D eigenvalue weighted by atomic mass is 10.00. The number of H-pyrrole nitrogens is 2. The summed E-state index contributed by atoms with van der Waals surface area (Å²) < 4.78 is 4.74. The Balaban J connectivity index is 0.909. The predicted octanol–water partition coefficient (Wildman–Crippen LogP) is 7.09. The molecular weight excluding hydrogens is 745 g/mol. The summed E-state index contributed by atoms with van der Waals surface area (Å²) >= 11 is 0. The van der Waals surface area contributed by atoms with Crippen molar-refractivity contribution < 1.29 is 19.1 Å². The Bertz CT molecular complexity index is 2340. The standard InChI is InChI=1S/C45H48N10O4/c1-29(50-43(56)38(53-45(58)59-2)31-13-6-3-7-14-31)40-48-27-35(51-40)30-18-20-33(21-19-30)41-46-25-34(26-47-41)36-28-49-42(52-36)37-17-12-24-55(37)44(57)39(32-15-8-4-9-16-32)54-22-10-5-11-23-54/h3-4,6-9,13-16,18-21,25-29,37-39H,5,10-12,17,22-24H2,1-2H3,(H,48,51)(H,49,52)(H,50,56)(H,53,58)/t29-,37+,38+,39+/m0/s1. The zero-order valence-corrected chi connectivity index (χ0v) is 33.2. The van der Waals surface area contributed by atoms with Gasteiger partial charge in [0.05, 0.1) is 43.0 Å². The third-order valence-corrected chi connectivity index (χ3v) is 11.2. The first kappa shape index (κ1) is 39.2. The molecule has 0 spiro atoms. The van der Waals surface area contributed by atoms with Gasteiger partial charge in [0.25, 0.3) is 0 Å². The number of nitrogens with one attached hydrogen (secondary N) is 4. The highest BCUT2D eigenvalue weighted by atomic mass is 16.5. The van der Waals surface area contributed by atoms with Gasteiger partial charge in [-0.05, 0) is 62.4 Å². The van der Waals surface area contributed by atoms with Crippen molar-refractivity contribution in [1.82, 2.24) is 50.3 Å². The van der Waals surface area contributed by atoms with E-state index in [0.29, 0.717) is 23.8 Å². The number of piperidine rings is 1. The molecule has 3 amide bonds. The minimum absolute atomic E-state index is 0.124. The maximum atomic E-state index is 14.3. The van der Waals surface area contributed by atoms with E-state index in [1.807, 2.05) is 60.4 Å². The van der Waals surface area contributed by atoms with E-state index in [4.69, 9.17) is 9.72 Å². The Hall–Kier alpha value is -6.67. The zero-order valence-electron chi connectivity index (χ0n) is 33.2. The molecule has 0 aliphatic carbocycles. The first-order valence-corrected chi connectivity index (χ1v) is 20.2. The lowest BCUT2D eigenvalue weighted by molar-refractivity contribution is -0.139. The minimum atomic E-state index is -0.941. The second-order valence-corrected chi connectivity index (χ2v) is 15.0. The predicted molar refractivity (Wildman–Crippen MR) is 222 cm³/mol. The molecule has 3 aromatic carbocycles. The van der Waals surface area contributed by atoms with Crippen LogP contribution in [0.4, 0.5) is 4.79 Å². The molecule has 8 rings (SSSR count). The molecule has 0 saturated carbocycles. The lowest BCUT2D eigenvalue weighted by Crippen LogP contribution is -2.44. The molecule has 6 aromatic rings. The number of amides is 3. The van der Waals surface area contributed by atoms with Crippen LogP contribution in [-0.2, 0) is 14.3 Å². The average molecular weight is 793 g/mol. The van der Waals surface area contributed by atoms with E-state index in [2.05, 4.69) is 52.6 Å². The van der Waals surface area contributed by atoms with Crippen LogP contribution in [0.15, 0.2) is 110 Å². The largest absolute Gasteiger partial charge is 0.453 e. The van der Waals surface area contributed by atoms with Crippen LogP contribution in [0, 0.1) is 0 Å². The van der Waals surface area contributed by atoms with Crippen molar-refractivity contribution in [1.29, 1.82) is 0 Å². The molecular formula is C45H48N10O4. The van der Waals surface area contributed by atoms with Gasteiger partial charge in [0.2, 0.25) is 11.8 Å². The number of imidazole rings is 2. The van der Waals surface area contributed by atoms with Crippen LogP contribution in [0.5, 0.6) is 0 Å². The van der Waals surface area contributed by atoms with E-state index < -0.39 is 24.1 Å². The number of aromatic amines is 2. The van der Waals surface area contributed by atoms with Gasteiger partial charge < -0.3 is 30.2 Å². The number of alkyl carbamates (subject to hydrolysis) is 1. The monoisotopic (exact) mass is 792 g/mol. The Morgan fingerprint density at radius 3 is 2.03 bits per heavy atom. The fraction of sp³-hybridized carbons (Fsp3) is 0.311. The Labute approximate surface area is 342 Å². The van der Waals surface area contributed by atoms with Crippen molar-refractivity contribution in [3.8, 4) is 33.9 Å². The van der Waals surface area contributed by atoms with Crippen LogP contribution in [0.3, 0.4) is 0 Å². The normalized spacial score (nSPS) is 17.2. The summed E-state index contributed by atoms with van der Waals surface area (Å²) in [6.07, 6.45) is 11.6. The first-order valence-electron chi connectivity index (χ1n) is 20.2. The van der Waals surface area contributed by atoms with Gasteiger partial charge in [0.1, 0.15) is 23.7 Å². The van der Waals surface area contributed by atoms with Crippen molar-refractivity contribution in [2.75, 3.05) is 26.7 Å². The molecule has 14 nitrogen and oxygen atoms in total. The van der Waals surface area contributed by atoms with Gasteiger partial charge in [-0.15, -0.1) is 0 Å². The number of hydrogen-bond donors (Lipinski definition) is 4. The van der Waals surface area contributed by atoms with E-state index >= 15 is 0 Å². The summed E-state index contributed by atoms with van der Waals surface area (Å²) in [5.41, 5.74) is 5.79. The van der Waals surface area contributed by atoms with Crippen LogP contribution in [-0.4, -0.2) is 84.4 Å². The molecule has 14 heteroatoms. The number of hydrogen-bond acceptors (Lipinski definition) is 9. The molecule has 0 radical (unpaired) electrons. The molecule has 4 atom stereocenters. The van der Waals surface area contributed by atoms with Crippen LogP contribution in [0.1, 0.15) is 86.0 Å². The van der Waals surface area contributed by atoms with Crippen LogP contribution in [0.25, 0.3) is 33.9 Å². The topological polar surface area (TPSA) is 174 Å². The highest BCUT2D eigenvalue weighted by Gasteiger charge is 2.39. The van der Waals surface area contributed by atoms with Gasteiger partial charge in [0, 0.05) is 30.1 Å². The first-order chi connectivity index (χ1) is 28.9. The van der Waals surface area contributed by atoms with E-state index in [-0.39, 0.29) is 18.0 Å². The molecule has 302 valence electrons. The van der Waals surface area contributed by atoms with Crippen molar-refractivity contribution >= 4 is 17.9 Å². The smallest absolute Gasteiger partial charge is 0.407 e. The maximum Gasteiger partial charge on any atom is 0.407 e. The second kappa shape index (κ2) is 17.9. The molecule has 5 heterocycles. The number of benzene rings is 3. The molecule has 2 saturated heterocycles. The molecule has 0 unspecified atom stereocenters. The number of ether oxygens (including phenoxy) is 1. The Morgan fingerprint density at radius 2 is 1.34 bits per heavy atom. The third kappa shape index (κ3) is 8.77. The van der Waals surface area contributed by atoms with Gasteiger partial charge >= 0.3 is 6.09 Å². The van der Waals surface area contributed by atoms with Crippen LogP contribution >= 0.6 is 0 Å². The summed E-state index contributed by atoms with van der Waals surface area (Å²) in [7, 11) is 1.25. The highest BCUT2D eigenvalue weighted by molar-refractivity contribution is 5.87. The molecule has 2 aliphatic heterocycles. The molecule has 59 heavy (non-hydrogen) atoms. The maximum absolute atomic E-state index is 14.3. The quantitative estimate of drug-likeness (QED) is 0.101. The van der Waals surface area contributed by atoms with Gasteiger partial charge in [-0.2, -0.15) is 0 Å². The van der Waals surface area contributed by atoms with Crippen LogP contribution in [0.2, 0.25) is 0 Å². The van der Waals surface area contributed by atoms with Gasteiger partial charge in [-0.25, -0.2) is 24.7 Å². The van der Waals surface area contributed by atoms with Gasteiger partial charge in [-0.3, -0.25) is 14.5 Å². The van der Waals surface area contributed by atoms with E-state index in [1.165, 1.54) is 13.5 Å². The number of carbonyl (C=O) groups is 3. The van der Waals surface area contributed by atoms with Gasteiger partial charge in [-0.1, -0.05) is 91.3 Å². The van der Waals surface area contributed by atoms with Gasteiger partial charge in [0.15, 0.2) is 5.82 Å². The summed E-state index contributed by atoms with van der Waals surface area (Å²) in [6, 6.07) is 25.1. The fourth-order valence-electron chi connectivity index (χ4n) is 8.05. The molecule has 2 fully saturated rings. The van der Waals surface area contributed by atoms with E-state index in [1.54, 1.807) is 49.1 Å². The number of aromatic nitrogens is 6. The number of likely N-dealkylation sites (tertiary alicyclic amines) is 2. The number of methoxy groups -OCH3 is 1. The fourth-order valence-corrected chi connectivity index (χ4v) is 8.05. The Kier molecular flexibility index (Phi) is 11.9. The van der Waals surface area contributed by atoms with E-state index in [9.17, 15) is 14.4 Å². The zero-order chi connectivity index (χ0) is 40.7. The van der Waals surface area contributed by atoms with E-state index in [0.717, 1.165) is 78.2 Å². The number of carbonyl (C=O) groups excluding carboxylic acids is 3. The van der Waals surface area contributed by atoms with Crippen LogP contribution < -0.4 is 10.6 Å². The van der Waals surface area contributed by atoms with Crippen molar-refractivity contribution in [2.45, 2.75) is 63.2 Å².